The Morgan fingerprint density at radius 2 is 1.76 bits per heavy atom. The molecule has 1 fully saturated rings. The normalized spacial score (nSPS) is 24.6. The molecule has 2 aromatic rings. The Morgan fingerprint density at radius 1 is 0.982 bits per heavy atom. The first-order valence-corrected chi connectivity index (χ1v) is 19.5. The fraction of sp³-hybridized carbons (Fsp3) is 0.571. The van der Waals surface area contributed by atoms with E-state index in [4.69, 9.17) is 28.5 Å². The van der Waals surface area contributed by atoms with E-state index in [0.29, 0.717) is 30.9 Å². The summed E-state index contributed by atoms with van der Waals surface area (Å²) >= 11 is 0. The zero-order chi connectivity index (χ0) is 39.0. The lowest BCUT2D eigenvalue weighted by atomic mass is 9.55. The summed E-state index contributed by atoms with van der Waals surface area (Å²) in [5.41, 5.74) is 3.34. The van der Waals surface area contributed by atoms with Crippen LogP contribution in [0.4, 0.5) is 4.79 Å². The molecule has 3 aliphatic rings. The molecule has 1 heterocycles. The SMILES string of the molecule is C=CCOC12Oc3ccc(O)cc3C3C(CCCCO)C(CCCCO)C=C(C(=NOC)CC1N(CCOCCO)C(=O)OCCOCc1ccccc1)C32. The predicted octanol–water partition coefficient (Wildman–Crippen LogP) is 5.32. The molecule has 1 aliphatic heterocycles. The number of phenolic OH excluding ortho intramolecular Hbond substituents is 1. The van der Waals surface area contributed by atoms with Crippen molar-refractivity contribution in [2.75, 3.05) is 66.5 Å². The molecule has 2 aromatic carbocycles. The van der Waals surface area contributed by atoms with Gasteiger partial charge in [0.05, 0.1) is 51.3 Å². The maximum absolute atomic E-state index is 14.3. The molecule has 1 saturated carbocycles. The van der Waals surface area contributed by atoms with E-state index < -0.39 is 23.8 Å². The number of aliphatic hydroxyl groups is 3. The van der Waals surface area contributed by atoms with Crippen molar-refractivity contribution in [3.8, 4) is 11.5 Å². The molecule has 6 unspecified atom stereocenters. The van der Waals surface area contributed by atoms with Crippen molar-refractivity contribution in [2.45, 2.75) is 69.3 Å². The van der Waals surface area contributed by atoms with Gasteiger partial charge in [0, 0.05) is 37.7 Å². The van der Waals surface area contributed by atoms with Gasteiger partial charge in [0.15, 0.2) is 0 Å². The van der Waals surface area contributed by atoms with Gasteiger partial charge in [0.25, 0.3) is 0 Å². The number of allylic oxidation sites excluding steroid dienone is 1. The van der Waals surface area contributed by atoms with E-state index in [-0.39, 0.29) is 89.3 Å². The minimum Gasteiger partial charge on any atom is -0.508 e. The highest BCUT2D eigenvalue weighted by atomic mass is 16.7. The molecule has 13 heteroatoms. The molecule has 0 saturated heterocycles. The van der Waals surface area contributed by atoms with Crippen molar-refractivity contribution >= 4 is 11.8 Å². The zero-order valence-electron chi connectivity index (χ0n) is 31.9. The second kappa shape index (κ2) is 21.4. The summed E-state index contributed by atoms with van der Waals surface area (Å²) in [4.78, 5) is 21.4. The third-order valence-corrected chi connectivity index (χ3v) is 10.7. The minimum absolute atomic E-state index is 0.00542. The molecule has 55 heavy (non-hydrogen) atoms. The van der Waals surface area contributed by atoms with Gasteiger partial charge in [-0.2, -0.15) is 0 Å². The number of ether oxygens (including phenoxy) is 5. The summed E-state index contributed by atoms with van der Waals surface area (Å²) in [6.07, 6.45) is 7.92. The van der Waals surface area contributed by atoms with Gasteiger partial charge in [0.2, 0.25) is 5.79 Å². The molecule has 0 bridgehead atoms. The van der Waals surface area contributed by atoms with E-state index in [2.05, 4.69) is 17.8 Å². The number of benzene rings is 2. The quantitative estimate of drug-likeness (QED) is 0.0657. The van der Waals surface area contributed by atoms with Crippen LogP contribution in [0.15, 0.2) is 78.0 Å². The zero-order valence-corrected chi connectivity index (χ0v) is 31.9. The Labute approximate surface area is 324 Å². The number of oxime groups is 1. The number of unbranched alkanes of at least 4 members (excludes halogenated alkanes) is 2. The van der Waals surface area contributed by atoms with E-state index in [1.807, 2.05) is 30.3 Å². The molecular formula is C42H58N2O11. The number of hydrogen-bond donors (Lipinski definition) is 4. The van der Waals surface area contributed by atoms with Crippen LogP contribution >= 0.6 is 0 Å². The lowest BCUT2D eigenvalue weighted by molar-refractivity contribution is -0.256. The molecule has 2 aliphatic carbocycles. The summed E-state index contributed by atoms with van der Waals surface area (Å²) in [5, 5.41) is 44.3. The number of amides is 1. The lowest BCUT2D eigenvalue weighted by Gasteiger charge is -2.59. The fourth-order valence-corrected chi connectivity index (χ4v) is 8.51. The molecule has 13 nitrogen and oxygen atoms in total. The molecule has 0 aromatic heterocycles. The van der Waals surface area contributed by atoms with Gasteiger partial charge >= 0.3 is 6.09 Å². The topological polar surface area (TPSA) is 169 Å². The second-order valence-electron chi connectivity index (χ2n) is 14.2. The van der Waals surface area contributed by atoms with Crippen molar-refractivity contribution in [3.63, 3.8) is 0 Å². The number of carbonyl (C=O) groups excluding carboxylic acids is 1. The van der Waals surface area contributed by atoms with Crippen molar-refractivity contribution in [1.82, 2.24) is 4.90 Å². The van der Waals surface area contributed by atoms with E-state index in [1.165, 1.54) is 7.11 Å². The third kappa shape index (κ3) is 10.3. The van der Waals surface area contributed by atoms with E-state index in [1.54, 1.807) is 29.2 Å². The van der Waals surface area contributed by atoms with Crippen LogP contribution in [0, 0.1) is 17.8 Å². The molecule has 0 radical (unpaired) electrons. The molecule has 1 amide bonds. The largest absolute Gasteiger partial charge is 0.508 e. The summed E-state index contributed by atoms with van der Waals surface area (Å²) in [7, 11) is 1.49. The van der Waals surface area contributed by atoms with Crippen LogP contribution in [0.1, 0.15) is 62.0 Å². The number of fused-ring (bicyclic) bond motifs is 2. The maximum Gasteiger partial charge on any atom is 0.410 e. The monoisotopic (exact) mass is 766 g/mol. The Bertz CT molecular complexity index is 1570. The summed E-state index contributed by atoms with van der Waals surface area (Å²) < 4.78 is 31.3. The molecule has 6 atom stereocenters. The number of carbonyl (C=O) groups is 1. The van der Waals surface area contributed by atoms with Gasteiger partial charge in [-0.1, -0.05) is 60.5 Å². The van der Waals surface area contributed by atoms with Crippen LogP contribution < -0.4 is 4.74 Å². The predicted molar refractivity (Wildman–Crippen MR) is 206 cm³/mol. The van der Waals surface area contributed by atoms with E-state index in [9.17, 15) is 25.2 Å². The van der Waals surface area contributed by atoms with Crippen molar-refractivity contribution in [2.24, 2.45) is 22.9 Å². The van der Waals surface area contributed by atoms with Crippen LogP contribution in [-0.4, -0.2) is 115 Å². The highest BCUT2D eigenvalue weighted by Gasteiger charge is 2.65. The van der Waals surface area contributed by atoms with Crippen LogP contribution in [0.3, 0.4) is 0 Å². The van der Waals surface area contributed by atoms with Gasteiger partial charge in [-0.25, -0.2) is 4.79 Å². The smallest absolute Gasteiger partial charge is 0.410 e. The Balaban J connectivity index is 1.59. The summed E-state index contributed by atoms with van der Waals surface area (Å²) in [6, 6.07) is 14.0. The minimum atomic E-state index is -1.48. The molecule has 0 spiro atoms. The van der Waals surface area contributed by atoms with Crippen molar-refractivity contribution < 1.29 is 53.7 Å². The number of aromatic hydroxyl groups is 1. The lowest BCUT2D eigenvalue weighted by Crippen LogP contribution is -2.70. The van der Waals surface area contributed by atoms with Crippen LogP contribution in [0.5, 0.6) is 11.5 Å². The first-order valence-electron chi connectivity index (χ1n) is 19.5. The average Bonchev–Trinajstić information content (AvgIpc) is 3.19. The molecule has 5 rings (SSSR count). The van der Waals surface area contributed by atoms with E-state index >= 15 is 0 Å². The van der Waals surface area contributed by atoms with Crippen molar-refractivity contribution in [1.29, 1.82) is 0 Å². The number of aliphatic hydroxyl groups excluding tert-OH is 3. The van der Waals surface area contributed by atoms with Gasteiger partial charge in [-0.3, -0.25) is 4.90 Å². The number of nitrogens with zero attached hydrogens (tertiary/aromatic N) is 2. The van der Waals surface area contributed by atoms with Crippen molar-refractivity contribution in [3.05, 3.63) is 84.0 Å². The van der Waals surface area contributed by atoms with Crippen LogP contribution in [-0.2, 0) is 30.4 Å². The molecule has 302 valence electrons. The summed E-state index contributed by atoms with van der Waals surface area (Å²) in [6.45, 7) is 4.85. The average molecular weight is 767 g/mol. The van der Waals surface area contributed by atoms with Gasteiger partial charge < -0.3 is 48.9 Å². The molecule has 4 N–H and O–H groups in total. The summed E-state index contributed by atoms with van der Waals surface area (Å²) in [5.74, 6) is -1.55. The Kier molecular flexibility index (Phi) is 16.4. The number of rotatable bonds is 23. The van der Waals surface area contributed by atoms with E-state index in [0.717, 1.165) is 42.4 Å². The Hall–Kier alpha value is -3.98. The number of hydrogen-bond acceptors (Lipinski definition) is 12. The second-order valence-corrected chi connectivity index (χ2v) is 14.2. The van der Waals surface area contributed by atoms with Crippen LogP contribution in [0.25, 0.3) is 0 Å². The first-order chi connectivity index (χ1) is 26.9. The van der Waals surface area contributed by atoms with Gasteiger partial charge in [0.1, 0.15) is 31.3 Å². The standard InChI is InChI=1S/C42H58N2O11/c1-3-21-54-42-38(44(17-22-51-23-20-47)41(49)53-25-24-52-29-30-11-5-4-6-12-30)28-36(43-50-2)34-26-31(13-7-9-18-45)33(14-8-10-19-46)39(40(34)42)35-27-32(48)15-16-37(35)55-42/h3-6,11-12,15-16,26-27,31,33,38-40,45-48H,1,7-10,13-14,17-25,28-29H2,2H3. The maximum atomic E-state index is 14.3. The molecular weight excluding hydrogens is 708 g/mol. The van der Waals surface area contributed by atoms with Crippen LogP contribution in [0.2, 0.25) is 0 Å². The Morgan fingerprint density at radius 3 is 2.49 bits per heavy atom. The highest BCUT2D eigenvalue weighted by molar-refractivity contribution is 6.02. The first kappa shape index (κ1) is 42.2. The number of phenols is 1. The van der Waals surface area contributed by atoms with Gasteiger partial charge in [-0.15, -0.1) is 6.58 Å². The van der Waals surface area contributed by atoms with Gasteiger partial charge in [-0.05, 0) is 66.9 Å². The third-order valence-electron chi connectivity index (χ3n) is 10.7. The highest BCUT2D eigenvalue weighted by Crippen LogP contribution is 2.61. The fourth-order valence-electron chi connectivity index (χ4n) is 8.51.